The number of rotatable bonds is 2. The maximum atomic E-state index is 12.0. The molecule has 0 aromatic carbocycles. The summed E-state index contributed by atoms with van der Waals surface area (Å²) in [4.78, 5) is 28.5. The molecular weight excluding hydrogens is 208 g/mol. The summed E-state index contributed by atoms with van der Waals surface area (Å²) in [5.41, 5.74) is 0. The molecule has 0 saturated carbocycles. The van der Waals surface area contributed by atoms with Gasteiger partial charge in [-0.2, -0.15) is 0 Å². The molecule has 6 nitrogen and oxygen atoms in total. The number of hydrogen-bond donors (Lipinski definition) is 1. The van der Waals surface area contributed by atoms with Crippen molar-refractivity contribution >= 4 is 11.9 Å². The minimum atomic E-state index is -0.0267. The Bertz CT molecular complexity index is 305. The molecule has 3 amide bonds. The van der Waals surface area contributed by atoms with Gasteiger partial charge in [0, 0.05) is 40.3 Å². The summed E-state index contributed by atoms with van der Waals surface area (Å²) in [7, 11) is 3.41. The topological polar surface area (TPSA) is 55.9 Å². The molecule has 0 aromatic heterocycles. The van der Waals surface area contributed by atoms with Crippen LogP contribution < -0.4 is 5.32 Å². The second kappa shape index (κ2) is 4.29. The Hall–Kier alpha value is -1.30. The van der Waals surface area contributed by atoms with Crippen LogP contribution in [0.15, 0.2) is 0 Å². The zero-order valence-corrected chi connectivity index (χ0v) is 9.77. The predicted molar refractivity (Wildman–Crippen MR) is 59.0 cm³/mol. The molecule has 2 rings (SSSR count). The highest BCUT2D eigenvalue weighted by atomic mass is 16.2. The summed E-state index contributed by atoms with van der Waals surface area (Å²) in [5, 5.41) is 3.26. The van der Waals surface area contributed by atoms with E-state index in [-0.39, 0.29) is 24.5 Å². The first-order valence-corrected chi connectivity index (χ1v) is 5.56. The first kappa shape index (κ1) is 11.2. The van der Waals surface area contributed by atoms with E-state index in [1.165, 1.54) is 4.90 Å². The Labute approximate surface area is 95.2 Å². The Morgan fingerprint density at radius 2 is 2.31 bits per heavy atom. The van der Waals surface area contributed by atoms with Gasteiger partial charge in [-0.25, -0.2) is 4.79 Å². The number of urea groups is 1. The number of nitrogens with one attached hydrogen (secondary N) is 1. The average molecular weight is 226 g/mol. The van der Waals surface area contributed by atoms with Gasteiger partial charge in [-0.3, -0.25) is 4.79 Å². The van der Waals surface area contributed by atoms with Crippen molar-refractivity contribution in [2.45, 2.75) is 6.04 Å². The lowest BCUT2D eigenvalue weighted by atomic mass is 10.2. The molecule has 0 aliphatic carbocycles. The van der Waals surface area contributed by atoms with Crippen molar-refractivity contribution in [3.63, 3.8) is 0 Å². The summed E-state index contributed by atoms with van der Waals surface area (Å²) in [6.45, 7) is 3.27. The number of amides is 3. The van der Waals surface area contributed by atoms with E-state index >= 15 is 0 Å². The number of likely N-dealkylation sites (N-methyl/N-ethyl adjacent to an activating group) is 1. The molecule has 2 aliphatic heterocycles. The third-order valence-electron chi connectivity index (χ3n) is 3.12. The Morgan fingerprint density at radius 3 is 2.94 bits per heavy atom. The lowest BCUT2D eigenvalue weighted by Gasteiger charge is -2.28. The molecule has 16 heavy (non-hydrogen) atoms. The van der Waals surface area contributed by atoms with Crippen LogP contribution in [-0.2, 0) is 4.79 Å². The molecule has 1 unspecified atom stereocenters. The van der Waals surface area contributed by atoms with Crippen molar-refractivity contribution < 1.29 is 9.59 Å². The molecule has 2 fully saturated rings. The van der Waals surface area contributed by atoms with E-state index in [9.17, 15) is 9.59 Å². The summed E-state index contributed by atoms with van der Waals surface area (Å²) < 4.78 is 0. The number of carbonyl (C=O) groups excluding carboxylic acids is 2. The van der Waals surface area contributed by atoms with Crippen LogP contribution in [0.4, 0.5) is 4.79 Å². The van der Waals surface area contributed by atoms with E-state index in [2.05, 4.69) is 5.32 Å². The van der Waals surface area contributed by atoms with Gasteiger partial charge in [-0.1, -0.05) is 0 Å². The van der Waals surface area contributed by atoms with Crippen molar-refractivity contribution in [3.8, 4) is 0 Å². The van der Waals surface area contributed by atoms with Gasteiger partial charge in [0.1, 0.15) is 6.54 Å². The van der Waals surface area contributed by atoms with Crippen LogP contribution in [0.5, 0.6) is 0 Å². The summed E-state index contributed by atoms with van der Waals surface area (Å²) in [6, 6.07) is 0.234. The second-order valence-corrected chi connectivity index (χ2v) is 4.50. The van der Waals surface area contributed by atoms with Gasteiger partial charge < -0.3 is 20.0 Å². The molecule has 2 saturated heterocycles. The molecule has 0 bridgehead atoms. The molecule has 0 spiro atoms. The normalized spacial score (nSPS) is 24.6. The summed E-state index contributed by atoms with van der Waals surface area (Å²) in [6.07, 6.45) is 0. The van der Waals surface area contributed by atoms with Crippen LogP contribution in [0.3, 0.4) is 0 Å². The lowest BCUT2D eigenvalue weighted by Crippen LogP contribution is -2.50. The van der Waals surface area contributed by atoms with E-state index in [1.54, 1.807) is 19.0 Å². The quantitative estimate of drug-likeness (QED) is 0.642. The molecule has 90 valence electrons. The van der Waals surface area contributed by atoms with Gasteiger partial charge in [-0.15, -0.1) is 0 Å². The van der Waals surface area contributed by atoms with Crippen molar-refractivity contribution in [1.29, 1.82) is 0 Å². The molecule has 0 aromatic rings. The lowest BCUT2D eigenvalue weighted by molar-refractivity contribution is -0.129. The highest BCUT2D eigenvalue weighted by Crippen LogP contribution is 2.16. The predicted octanol–water partition coefficient (Wildman–Crippen LogP) is -1.22. The van der Waals surface area contributed by atoms with E-state index in [4.69, 9.17) is 0 Å². The minimum Gasteiger partial charge on any atom is -0.347 e. The molecule has 1 N–H and O–H groups in total. The van der Waals surface area contributed by atoms with Gasteiger partial charge in [0.15, 0.2) is 0 Å². The van der Waals surface area contributed by atoms with Crippen LogP contribution in [0.1, 0.15) is 0 Å². The van der Waals surface area contributed by atoms with Crippen molar-refractivity contribution in [1.82, 2.24) is 20.0 Å². The molecule has 2 heterocycles. The zero-order chi connectivity index (χ0) is 11.7. The highest BCUT2D eigenvalue weighted by molar-refractivity contribution is 5.85. The van der Waals surface area contributed by atoms with Crippen LogP contribution in [-0.4, -0.2) is 79.5 Å². The highest BCUT2D eigenvalue weighted by Gasteiger charge is 2.39. The first-order valence-electron chi connectivity index (χ1n) is 5.56. The van der Waals surface area contributed by atoms with Gasteiger partial charge in [0.2, 0.25) is 5.91 Å². The maximum Gasteiger partial charge on any atom is 0.320 e. The van der Waals surface area contributed by atoms with Gasteiger partial charge in [0.05, 0.1) is 6.04 Å². The van der Waals surface area contributed by atoms with Crippen LogP contribution in [0.2, 0.25) is 0 Å². The van der Waals surface area contributed by atoms with Gasteiger partial charge >= 0.3 is 6.03 Å². The molecular formula is C10H18N4O2. The fourth-order valence-corrected chi connectivity index (χ4v) is 2.13. The molecule has 6 heteroatoms. The van der Waals surface area contributed by atoms with Crippen LogP contribution >= 0.6 is 0 Å². The van der Waals surface area contributed by atoms with Crippen molar-refractivity contribution in [3.05, 3.63) is 0 Å². The Morgan fingerprint density at radius 1 is 1.56 bits per heavy atom. The molecule has 1 atom stereocenters. The standard InChI is InChI=1S/C10H18N4O2/c1-12(2)9(15)7-13-6-8-5-11-3-4-14(8)10(13)16/h8,11H,3-7H2,1-2H3. The third kappa shape index (κ3) is 1.97. The minimum absolute atomic E-state index is 0.00157. The fourth-order valence-electron chi connectivity index (χ4n) is 2.13. The number of fused-ring (bicyclic) bond motifs is 1. The van der Waals surface area contributed by atoms with E-state index in [1.807, 2.05) is 4.90 Å². The summed E-state index contributed by atoms with van der Waals surface area (Å²) >= 11 is 0. The SMILES string of the molecule is CN(C)C(=O)CN1CC2CNCCN2C1=O. The Kier molecular flexibility index (Phi) is 3.00. The summed E-state index contributed by atoms with van der Waals surface area (Å²) in [5.74, 6) is -0.0267. The van der Waals surface area contributed by atoms with Crippen molar-refractivity contribution in [2.75, 3.05) is 46.8 Å². The smallest absolute Gasteiger partial charge is 0.320 e. The number of piperazine rings is 1. The van der Waals surface area contributed by atoms with E-state index in [0.29, 0.717) is 6.54 Å². The molecule has 0 radical (unpaired) electrons. The third-order valence-corrected chi connectivity index (χ3v) is 3.12. The van der Waals surface area contributed by atoms with E-state index in [0.717, 1.165) is 19.6 Å². The number of carbonyl (C=O) groups is 2. The van der Waals surface area contributed by atoms with Crippen LogP contribution in [0.25, 0.3) is 0 Å². The van der Waals surface area contributed by atoms with Gasteiger partial charge in [-0.05, 0) is 0 Å². The van der Waals surface area contributed by atoms with E-state index < -0.39 is 0 Å². The van der Waals surface area contributed by atoms with Gasteiger partial charge in [0.25, 0.3) is 0 Å². The number of hydrogen-bond acceptors (Lipinski definition) is 3. The average Bonchev–Trinajstić information content (AvgIpc) is 2.56. The molecule has 2 aliphatic rings. The zero-order valence-electron chi connectivity index (χ0n) is 9.77. The largest absolute Gasteiger partial charge is 0.347 e. The first-order chi connectivity index (χ1) is 7.59. The number of nitrogens with zero attached hydrogens (tertiary/aromatic N) is 3. The van der Waals surface area contributed by atoms with Crippen LogP contribution in [0, 0.1) is 0 Å². The van der Waals surface area contributed by atoms with Crippen molar-refractivity contribution in [2.24, 2.45) is 0 Å². The second-order valence-electron chi connectivity index (χ2n) is 4.50. The monoisotopic (exact) mass is 226 g/mol. The maximum absolute atomic E-state index is 12.0. The Balaban J connectivity index is 1.97. The fraction of sp³-hybridized carbons (Fsp3) is 0.800.